The van der Waals surface area contributed by atoms with Crippen molar-refractivity contribution in [3.05, 3.63) is 29.8 Å². The first-order valence-electron chi connectivity index (χ1n) is 7.80. The summed E-state index contributed by atoms with van der Waals surface area (Å²) >= 11 is 0. The zero-order chi connectivity index (χ0) is 14.2. The van der Waals surface area contributed by atoms with E-state index in [1.54, 1.807) is 0 Å². The van der Waals surface area contributed by atoms with Gasteiger partial charge in [0.2, 0.25) is 0 Å². The van der Waals surface area contributed by atoms with Gasteiger partial charge in [-0.3, -0.25) is 0 Å². The molecule has 0 bridgehead atoms. The fraction of sp³-hybridized carbons (Fsp3) is 0.647. The van der Waals surface area contributed by atoms with E-state index in [2.05, 4.69) is 30.1 Å². The van der Waals surface area contributed by atoms with Crippen molar-refractivity contribution in [3.63, 3.8) is 0 Å². The molecule has 0 amide bonds. The van der Waals surface area contributed by atoms with Crippen molar-refractivity contribution in [3.8, 4) is 5.75 Å². The molecule has 1 aliphatic heterocycles. The van der Waals surface area contributed by atoms with Gasteiger partial charge in [-0.2, -0.15) is 0 Å². The molecule has 1 heterocycles. The van der Waals surface area contributed by atoms with Gasteiger partial charge in [-0.05, 0) is 57.4 Å². The molecule has 1 saturated heterocycles. The smallest absolute Gasteiger partial charge is 0.119 e. The maximum absolute atomic E-state index is 5.78. The Morgan fingerprint density at radius 1 is 1.35 bits per heavy atom. The summed E-state index contributed by atoms with van der Waals surface area (Å²) in [4.78, 5) is 2.36. The summed E-state index contributed by atoms with van der Waals surface area (Å²) in [5.41, 5.74) is 1.31. The number of rotatable bonds is 7. The van der Waals surface area contributed by atoms with Crippen LogP contribution in [0.3, 0.4) is 0 Å². The monoisotopic (exact) mass is 277 g/mol. The SMILES string of the molecule is CCOc1cccc(CN(C)CCC2CCCCO2)c1. The fourth-order valence-electron chi connectivity index (χ4n) is 2.69. The van der Waals surface area contributed by atoms with E-state index >= 15 is 0 Å². The minimum absolute atomic E-state index is 0.473. The third-order valence-electron chi connectivity index (χ3n) is 3.77. The minimum Gasteiger partial charge on any atom is -0.494 e. The second-order valence-corrected chi connectivity index (χ2v) is 5.60. The Morgan fingerprint density at radius 3 is 3.00 bits per heavy atom. The highest BCUT2D eigenvalue weighted by atomic mass is 16.5. The predicted molar refractivity (Wildman–Crippen MR) is 82.2 cm³/mol. The van der Waals surface area contributed by atoms with Gasteiger partial charge in [0.25, 0.3) is 0 Å². The van der Waals surface area contributed by atoms with E-state index in [0.717, 1.165) is 38.5 Å². The van der Waals surface area contributed by atoms with Gasteiger partial charge in [0.15, 0.2) is 0 Å². The van der Waals surface area contributed by atoms with Crippen LogP contribution in [0.1, 0.15) is 38.2 Å². The maximum atomic E-state index is 5.78. The van der Waals surface area contributed by atoms with Gasteiger partial charge in [0.1, 0.15) is 5.75 Å². The van der Waals surface area contributed by atoms with Crippen LogP contribution in [0.15, 0.2) is 24.3 Å². The van der Waals surface area contributed by atoms with Crippen LogP contribution >= 0.6 is 0 Å². The van der Waals surface area contributed by atoms with Gasteiger partial charge in [-0.1, -0.05) is 12.1 Å². The summed E-state index contributed by atoms with van der Waals surface area (Å²) in [6, 6.07) is 8.38. The van der Waals surface area contributed by atoms with E-state index in [9.17, 15) is 0 Å². The van der Waals surface area contributed by atoms with Gasteiger partial charge in [-0.25, -0.2) is 0 Å². The molecule has 3 nitrogen and oxygen atoms in total. The van der Waals surface area contributed by atoms with Gasteiger partial charge < -0.3 is 14.4 Å². The maximum Gasteiger partial charge on any atom is 0.119 e. The van der Waals surface area contributed by atoms with Crippen molar-refractivity contribution in [2.75, 3.05) is 26.8 Å². The first-order chi connectivity index (χ1) is 9.78. The fourth-order valence-corrected chi connectivity index (χ4v) is 2.69. The molecule has 0 spiro atoms. The molecular formula is C17H27NO2. The number of benzene rings is 1. The average molecular weight is 277 g/mol. The normalized spacial score (nSPS) is 19.2. The van der Waals surface area contributed by atoms with E-state index in [1.807, 2.05) is 13.0 Å². The molecule has 0 saturated carbocycles. The van der Waals surface area contributed by atoms with Gasteiger partial charge in [0, 0.05) is 19.7 Å². The summed E-state index contributed by atoms with van der Waals surface area (Å²) in [7, 11) is 2.18. The number of hydrogen-bond donors (Lipinski definition) is 0. The molecule has 1 aliphatic rings. The lowest BCUT2D eigenvalue weighted by molar-refractivity contribution is 0.00640. The topological polar surface area (TPSA) is 21.7 Å². The van der Waals surface area contributed by atoms with Crippen molar-refractivity contribution in [1.82, 2.24) is 4.90 Å². The molecule has 0 aliphatic carbocycles. The Bertz CT molecular complexity index is 388. The van der Waals surface area contributed by atoms with Crippen LogP contribution in [0.5, 0.6) is 5.75 Å². The Kier molecular flexibility index (Phi) is 6.34. The Morgan fingerprint density at radius 2 is 2.25 bits per heavy atom. The van der Waals surface area contributed by atoms with Crippen LogP contribution < -0.4 is 4.74 Å². The molecule has 0 aromatic heterocycles. The largest absolute Gasteiger partial charge is 0.494 e. The molecule has 3 heteroatoms. The third-order valence-corrected chi connectivity index (χ3v) is 3.77. The van der Waals surface area contributed by atoms with Crippen molar-refractivity contribution >= 4 is 0 Å². The summed E-state index contributed by atoms with van der Waals surface area (Å²) < 4.78 is 11.3. The summed E-state index contributed by atoms with van der Waals surface area (Å²) in [5, 5.41) is 0. The quantitative estimate of drug-likeness (QED) is 0.761. The molecule has 0 N–H and O–H groups in total. The Hall–Kier alpha value is -1.06. The lowest BCUT2D eigenvalue weighted by Crippen LogP contribution is -2.26. The zero-order valence-electron chi connectivity index (χ0n) is 12.8. The van der Waals surface area contributed by atoms with E-state index in [-0.39, 0.29) is 0 Å². The molecular weight excluding hydrogens is 250 g/mol. The van der Waals surface area contributed by atoms with Crippen molar-refractivity contribution < 1.29 is 9.47 Å². The van der Waals surface area contributed by atoms with Crippen LogP contribution in [-0.2, 0) is 11.3 Å². The van der Waals surface area contributed by atoms with Crippen molar-refractivity contribution in [1.29, 1.82) is 0 Å². The standard InChI is InChI=1S/C17H27NO2/c1-3-19-17-9-6-7-15(13-17)14-18(2)11-10-16-8-4-5-12-20-16/h6-7,9,13,16H,3-5,8,10-12,14H2,1-2H3. The molecule has 20 heavy (non-hydrogen) atoms. The highest BCUT2D eigenvalue weighted by Gasteiger charge is 2.14. The van der Waals surface area contributed by atoms with E-state index in [0.29, 0.717) is 6.10 Å². The van der Waals surface area contributed by atoms with Crippen LogP contribution in [0.2, 0.25) is 0 Å². The van der Waals surface area contributed by atoms with E-state index < -0.39 is 0 Å². The summed E-state index contributed by atoms with van der Waals surface area (Å²) in [5.74, 6) is 0.967. The van der Waals surface area contributed by atoms with Crippen LogP contribution in [0, 0.1) is 0 Å². The number of nitrogens with zero attached hydrogens (tertiary/aromatic N) is 1. The second-order valence-electron chi connectivity index (χ2n) is 5.60. The van der Waals surface area contributed by atoms with Gasteiger partial charge >= 0.3 is 0 Å². The van der Waals surface area contributed by atoms with E-state index in [4.69, 9.17) is 9.47 Å². The van der Waals surface area contributed by atoms with Gasteiger partial charge in [0.05, 0.1) is 12.7 Å². The molecule has 1 atom stereocenters. The summed E-state index contributed by atoms with van der Waals surface area (Å²) in [6.45, 7) is 5.74. The van der Waals surface area contributed by atoms with Gasteiger partial charge in [-0.15, -0.1) is 0 Å². The molecule has 2 rings (SSSR count). The first-order valence-corrected chi connectivity index (χ1v) is 7.80. The molecule has 0 radical (unpaired) electrons. The van der Waals surface area contributed by atoms with Crippen LogP contribution in [-0.4, -0.2) is 37.8 Å². The lowest BCUT2D eigenvalue weighted by Gasteiger charge is -2.25. The lowest BCUT2D eigenvalue weighted by atomic mass is 10.1. The molecule has 1 aromatic carbocycles. The highest BCUT2D eigenvalue weighted by Crippen LogP contribution is 2.17. The first kappa shape index (κ1) is 15.3. The zero-order valence-corrected chi connectivity index (χ0v) is 12.8. The van der Waals surface area contributed by atoms with E-state index in [1.165, 1.54) is 24.8 Å². The molecule has 1 fully saturated rings. The van der Waals surface area contributed by atoms with Crippen LogP contribution in [0.25, 0.3) is 0 Å². The average Bonchev–Trinajstić information content (AvgIpc) is 2.47. The molecule has 1 unspecified atom stereocenters. The van der Waals surface area contributed by atoms with Crippen molar-refractivity contribution in [2.24, 2.45) is 0 Å². The van der Waals surface area contributed by atoms with Crippen LogP contribution in [0.4, 0.5) is 0 Å². The number of hydrogen-bond acceptors (Lipinski definition) is 3. The highest BCUT2D eigenvalue weighted by molar-refractivity contribution is 5.28. The second kappa shape index (κ2) is 8.28. The molecule has 1 aromatic rings. The summed E-state index contributed by atoms with van der Waals surface area (Å²) in [6.07, 6.45) is 5.40. The molecule has 112 valence electrons. The Balaban J connectivity index is 1.75. The third kappa shape index (κ3) is 5.14. The minimum atomic E-state index is 0.473. The predicted octanol–water partition coefficient (Wildman–Crippen LogP) is 3.48. The number of ether oxygens (including phenoxy) is 2. The van der Waals surface area contributed by atoms with Crippen molar-refractivity contribution in [2.45, 2.75) is 45.3 Å². The Labute approximate surface area is 122 Å².